The zero-order valence-corrected chi connectivity index (χ0v) is 11.7. The fraction of sp³-hybridized carbons (Fsp3) is 0.333. The van der Waals surface area contributed by atoms with Crippen LogP contribution in [0.25, 0.3) is 11.5 Å². The van der Waals surface area contributed by atoms with Gasteiger partial charge in [-0.3, -0.25) is 4.79 Å². The van der Waals surface area contributed by atoms with Crippen molar-refractivity contribution in [1.29, 1.82) is 0 Å². The van der Waals surface area contributed by atoms with Crippen molar-refractivity contribution >= 4 is 23.4 Å². The molecule has 0 aromatic carbocycles. The van der Waals surface area contributed by atoms with E-state index in [0.29, 0.717) is 12.4 Å². The van der Waals surface area contributed by atoms with Gasteiger partial charge < -0.3 is 24.7 Å². The summed E-state index contributed by atoms with van der Waals surface area (Å²) < 4.78 is 15.0. The van der Waals surface area contributed by atoms with E-state index in [1.807, 2.05) is 0 Å². The number of carbonyl (C=O) groups excluding carboxylic acids is 1. The lowest BCUT2D eigenvalue weighted by Gasteiger charge is -2.12. The highest BCUT2D eigenvalue weighted by molar-refractivity contribution is 6.29. The Kier molecular flexibility index (Phi) is 4.31. The largest absolute Gasteiger partial charge is 0.443 e. The first-order chi connectivity index (χ1) is 9.52. The minimum atomic E-state index is -0.421. The summed E-state index contributed by atoms with van der Waals surface area (Å²) in [4.78, 5) is 12.2. The lowest BCUT2D eigenvalue weighted by molar-refractivity contribution is 0.0906. The molecule has 1 unspecified atom stereocenters. The van der Waals surface area contributed by atoms with Gasteiger partial charge in [-0.25, -0.2) is 0 Å². The Labute approximate surface area is 120 Å². The molecule has 0 bridgehead atoms. The van der Waals surface area contributed by atoms with Crippen LogP contribution in [0.4, 0.5) is 5.88 Å². The number of amides is 1. The predicted molar refractivity (Wildman–Crippen MR) is 72.4 cm³/mol. The summed E-state index contributed by atoms with van der Waals surface area (Å²) in [6.45, 7) is 2.17. The van der Waals surface area contributed by atoms with Crippen molar-refractivity contribution in [2.24, 2.45) is 0 Å². The van der Waals surface area contributed by atoms with Crippen LogP contribution in [-0.4, -0.2) is 30.8 Å². The van der Waals surface area contributed by atoms with Gasteiger partial charge in [0.25, 0.3) is 5.91 Å². The van der Waals surface area contributed by atoms with Crippen LogP contribution in [0.1, 0.15) is 17.3 Å². The number of halogens is 1. The molecule has 0 aliphatic heterocycles. The number of hydrogen-bond acceptors (Lipinski definition) is 6. The van der Waals surface area contributed by atoms with Gasteiger partial charge in [-0.2, -0.15) is 0 Å². The fourth-order valence-electron chi connectivity index (χ4n) is 1.72. The summed E-state index contributed by atoms with van der Waals surface area (Å²) in [6, 6.07) is 2.93. The van der Waals surface area contributed by atoms with Gasteiger partial charge in [0.2, 0.25) is 5.88 Å². The van der Waals surface area contributed by atoms with E-state index in [2.05, 4.69) is 10.5 Å². The van der Waals surface area contributed by atoms with Gasteiger partial charge in [-0.15, -0.1) is 0 Å². The number of furan rings is 1. The van der Waals surface area contributed by atoms with E-state index in [1.54, 1.807) is 20.1 Å². The second-order valence-corrected chi connectivity index (χ2v) is 4.58. The molecule has 7 nitrogen and oxygen atoms in total. The number of carbonyl (C=O) groups is 1. The average molecular weight is 300 g/mol. The van der Waals surface area contributed by atoms with Crippen molar-refractivity contribution in [1.82, 2.24) is 10.5 Å². The Morgan fingerprint density at radius 3 is 2.95 bits per heavy atom. The van der Waals surface area contributed by atoms with E-state index < -0.39 is 5.91 Å². The Hall–Kier alpha value is -1.99. The standard InChI is InChI=1S/C12H14ClN3O4/c1-6(5-18-2)15-12(17)9-10(16-20-11(9)14)7-3-4-8(13)19-7/h3-4,6H,5,14H2,1-2H3,(H,15,17). The summed E-state index contributed by atoms with van der Waals surface area (Å²) >= 11 is 5.70. The van der Waals surface area contributed by atoms with Gasteiger partial charge in [-0.1, -0.05) is 5.16 Å². The van der Waals surface area contributed by atoms with Gasteiger partial charge in [0, 0.05) is 13.2 Å². The van der Waals surface area contributed by atoms with E-state index >= 15 is 0 Å². The van der Waals surface area contributed by atoms with Gasteiger partial charge in [0.05, 0.1) is 6.61 Å². The maximum absolute atomic E-state index is 12.2. The van der Waals surface area contributed by atoms with Crippen LogP contribution >= 0.6 is 11.6 Å². The molecule has 0 radical (unpaired) electrons. The molecule has 0 spiro atoms. The number of aromatic nitrogens is 1. The van der Waals surface area contributed by atoms with Crippen molar-refractivity contribution in [3.63, 3.8) is 0 Å². The summed E-state index contributed by atoms with van der Waals surface area (Å²) in [6.07, 6.45) is 0. The number of nitrogens with two attached hydrogens (primary N) is 1. The van der Waals surface area contributed by atoms with E-state index in [0.717, 1.165) is 0 Å². The van der Waals surface area contributed by atoms with E-state index in [-0.39, 0.29) is 28.4 Å². The highest BCUT2D eigenvalue weighted by Crippen LogP contribution is 2.29. The first kappa shape index (κ1) is 14.4. The van der Waals surface area contributed by atoms with E-state index in [9.17, 15) is 4.79 Å². The monoisotopic (exact) mass is 299 g/mol. The minimum Gasteiger partial charge on any atom is -0.443 e. The molecule has 1 atom stereocenters. The van der Waals surface area contributed by atoms with Crippen LogP contribution in [0.5, 0.6) is 0 Å². The van der Waals surface area contributed by atoms with Crippen molar-refractivity contribution in [3.05, 3.63) is 22.9 Å². The summed E-state index contributed by atoms with van der Waals surface area (Å²) in [7, 11) is 1.55. The Morgan fingerprint density at radius 2 is 2.35 bits per heavy atom. The van der Waals surface area contributed by atoms with Crippen molar-refractivity contribution < 1.29 is 18.5 Å². The Morgan fingerprint density at radius 1 is 1.60 bits per heavy atom. The lowest BCUT2D eigenvalue weighted by Crippen LogP contribution is -2.36. The van der Waals surface area contributed by atoms with Crippen molar-refractivity contribution in [2.75, 3.05) is 19.5 Å². The third kappa shape index (κ3) is 2.94. The maximum Gasteiger partial charge on any atom is 0.259 e. The highest BCUT2D eigenvalue weighted by atomic mass is 35.5. The fourth-order valence-corrected chi connectivity index (χ4v) is 1.87. The molecule has 0 aliphatic rings. The smallest absolute Gasteiger partial charge is 0.259 e. The molecule has 2 aromatic heterocycles. The lowest BCUT2D eigenvalue weighted by atomic mass is 10.1. The van der Waals surface area contributed by atoms with E-state index in [4.69, 9.17) is 31.0 Å². The number of rotatable bonds is 5. The zero-order chi connectivity index (χ0) is 14.7. The molecule has 3 N–H and O–H groups in total. The van der Waals surface area contributed by atoms with Crippen LogP contribution in [0.3, 0.4) is 0 Å². The second-order valence-electron chi connectivity index (χ2n) is 4.20. The van der Waals surface area contributed by atoms with Crippen molar-refractivity contribution in [3.8, 4) is 11.5 Å². The minimum absolute atomic E-state index is 0.0883. The molecule has 1 amide bonds. The number of anilines is 1. The molecule has 108 valence electrons. The zero-order valence-electron chi connectivity index (χ0n) is 11.0. The van der Waals surface area contributed by atoms with Crippen LogP contribution in [0.2, 0.25) is 5.22 Å². The maximum atomic E-state index is 12.2. The number of hydrogen-bond donors (Lipinski definition) is 2. The van der Waals surface area contributed by atoms with Gasteiger partial charge >= 0.3 is 0 Å². The molecule has 20 heavy (non-hydrogen) atoms. The molecule has 2 aromatic rings. The van der Waals surface area contributed by atoms with E-state index in [1.165, 1.54) is 6.07 Å². The number of nitrogens with zero attached hydrogens (tertiary/aromatic N) is 1. The number of methoxy groups -OCH3 is 1. The molecule has 8 heteroatoms. The molecular weight excluding hydrogens is 286 g/mol. The second kappa shape index (κ2) is 5.98. The normalized spacial score (nSPS) is 12.3. The summed E-state index contributed by atoms with van der Waals surface area (Å²) in [5.74, 6) is -0.203. The predicted octanol–water partition coefficient (Wildman–Crippen LogP) is 1.93. The van der Waals surface area contributed by atoms with Crippen LogP contribution in [0, 0.1) is 0 Å². The molecule has 0 aliphatic carbocycles. The topological polar surface area (TPSA) is 104 Å². The Balaban J connectivity index is 2.27. The molecule has 0 fully saturated rings. The SMILES string of the molecule is COCC(C)NC(=O)c1c(-c2ccc(Cl)o2)noc1N. The quantitative estimate of drug-likeness (QED) is 0.874. The molecule has 2 rings (SSSR count). The number of nitrogens with one attached hydrogen (secondary N) is 1. The molecule has 0 saturated heterocycles. The van der Waals surface area contributed by atoms with Crippen molar-refractivity contribution in [2.45, 2.75) is 13.0 Å². The van der Waals surface area contributed by atoms with Gasteiger partial charge in [0.1, 0.15) is 5.56 Å². The van der Waals surface area contributed by atoms with Crippen LogP contribution in [0.15, 0.2) is 21.1 Å². The number of ether oxygens (including phenoxy) is 1. The average Bonchev–Trinajstić information content (AvgIpc) is 2.95. The van der Waals surface area contributed by atoms with Gasteiger partial charge in [-0.05, 0) is 30.7 Å². The first-order valence-corrected chi connectivity index (χ1v) is 6.21. The molecular formula is C12H14ClN3O4. The molecule has 2 heterocycles. The van der Waals surface area contributed by atoms with Crippen LogP contribution < -0.4 is 11.1 Å². The first-order valence-electron chi connectivity index (χ1n) is 5.83. The summed E-state index contributed by atoms with van der Waals surface area (Å²) in [5.41, 5.74) is 5.96. The Bertz CT molecular complexity index is 608. The highest BCUT2D eigenvalue weighted by Gasteiger charge is 2.25. The summed E-state index contributed by atoms with van der Waals surface area (Å²) in [5, 5.41) is 6.63. The molecule has 0 saturated carbocycles. The van der Waals surface area contributed by atoms with Crippen LogP contribution in [-0.2, 0) is 4.74 Å². The van der Waals surface area contributed by atoms with Gasteiger partial charge in [0.15, 0.2) is 16.7 Å². The number of nitrogen functional groups attached to an aromatic ring is 1. The third-order valence-electron chi connectivity index (χ3n) is 2.55. The third-order valence-corrected chi connectivity index (χ3v) is 2.75.